The van der Waals surface area contributed by atoms with Crippen LogP contribution in [0.5, 0.6) is 0 Å². The van der Waals surface area contributed by atoms with Gasteiger partial charge >= 0.3 is 0 Å². The summed E-state index contributed by atoms with van der Waals surface area (Å²) < 4.78 is 5.80. The Labute approximate surface area is 106 Å². The number of oxazole rings is 1. The Bertz CT molecular complexity index is 545. The predicted molar refractivity (Wildman–Crippen MR) is 69.4 cm³/mol. The third-order valence-corrected chi connectivity index (χ3v) is 3.47. The van der Waals surface area contributed by atoms with Gasteiger partial charge in [0, 0.05) is 31.9 Å². The number of hydrogen-bond donors (Lipinski definition) is 1. The maximum absolute atomic E-state index is 5.80. The first-order valence-corrected chi connectivity index (χ1v) is 6.43. The van der Waals surface area contributed by atoms with Gasteiger partial charge in [0.25, 0.3) is 0 Å². The number of rotatable bonds is 2. The van der Waals surface area contributed by atoms with Crippen molar-refractivity contribution in [1.29, 1.82) is 0 Å². The van der Waals surface area contributed by atoms with E-state index in [9.17, 15) is 0 Å². The molecule has 5 heteroatoms. The molecule has 18 heavy (non-hydrogen) atoms. The Morgan fingerprint density at radius 1 is 1.28 bits per heavy atom. The maximum Gasteiger partial charge on any atom is 0.214 e. The minimum atomic E-state index is 0.210. The largest absolute Gasteiger partial charge is 0.437 e. The molecule has 1 saturated heterocycles. The van der Waals surface area contributed by atoms with Gasteiger partial charge in [0.05, 0.1) is 6.04 Å². The van der Waals surface area contributed by atoms with Gasteiger partial charge in [-0.05, 0) is 26.0 Å². The maximum atomic E-state index is 5.80. The van der Waals surface area contributed by atoms with E-state index in [1.165, 1.54) is 0 Å². The highest BCUT2D eigenvalue weighted by Crippen LogP contribution is 2.23. The Morgan fingerprint density at radius 3 is 2.83 bits per heavy atom. The standard InChI is InChI=1S/C13H18N4O/c1-9-3-4-11-12(15-9)16-13(18-11)10(2)17-7-5-14-6-8-17/h3-4,10,14H,5-8H2,1-2H3. The monoisotopic (exact) mass is 246 g/mol. The number of hydrogen-bond acceptors (Lipinski definition) is 5. The van der Waals surface area contributed by atoms with E-state index < -0.39 is 0 Å². The second-order valence-electron chi connectivity index (χ2n) is 4.79. The second kappa shape index (κ2) is 4.66. The molecule has 1 aliphatic rings. The summed E-state index contributed by atoms with van der Waals surface area (Å²) in [6, 6.07) is 4.10. The van der Waals surface area contributed by atoms with Crippen molar-refractivity contribution in [2.75, 3.05) is 26.2 Å². The van der Waals surface area contributed by atoms with Crippen LogP contribution in [0.15, 0.2) is 16.5 Å². The summed E-state index contributed by atoms with van der Waals surface area (Å²) in [4.78, 5) is 11.3. The van der Waals surface area contributed by atoms with Crippen molar-refractivity contribution >= 4 is 11.2 Å². The van der Waals surface area contributed by atoms with Crippen LogP contribution in [0.2, 0.25) is 0 Å². The van der Waals surface area contributed by atoms with E-state index in [0.29, 0.717) is 5.65 Å². The molecular weight excluding hydrogens is 228 g/mol. The van der Waals surface area contributed by atoms with E-state index in [-0.39, 0.29) is 6.04 Å². The quantitative estimate of drug-likeness (QED) is 0.870. The van der Waals surface area contributed by atoms with Crippen LogP contribution >= 0.6 is 0 Å². The highest BCUT2D eigenvalue weighted by Gasteiger charge is 2.22. The van der Waals surface area contributed by atoms with Crippen molar-refractivity contribution in [2.24, 2.45) is 0 Å². The normalized spacial score (nSPS) is 19.2. The molecule has 0 radical (unpaired) electrons. The minimum absolute atomic E-state index is 0.210. The summed E-state index contributed by atoms with van der Waals surface area (Å²) in [5, 5.41) is 3.35. The van der Waals surface area contributed by atoms with Gasteiger partial charge in [-0.2, -0.15) is 4.98 Å². The summed E-state index contributed by atoms with van der Waals surface area (Å²) in [7, 11) is 0. The van der Waals surface area contributed by atoms with Crippen molar-refractivity contribution in [3.05, 3.63) is 23.7 Å². The summed E-state index contributed by atoms with van der Waals surface area (Å²) >= 11 is 0. The van der Waals surface area contributed by atoms with Crippen LogP contribution in [-0.2, 0) is 0 Å². The molecule has 3 heterocycles. The number of fused-ring (bicyclic) bond motifs is 1. The van der Waals surface area contributed by atoms with Gasteiger partial charge in [-0.15, -0.1) is 0 Å². The number of nitrogens with zero attached hydrogens (tertiary/aromatic N) is 3. The molecule has 96 valence electrons. The molecule has 0 aromatic carbocycles. The number of aromatic nitrogens is 2. The fourth-order valence-corrected chi connectivity index (χ4v) is 2.33. The summed E-state index contributed by atoms with van der Waals surface area (Å²) in [5.74, 6) is 0.769. The van der Waals surface area contributed by atoms with Crippen LogP contribution in [0, 0.1) is 6.92 Å². The van der Waals surface area contributed by atoms with E-state index in [1.807, 2.05) is 19.1 Å². The third kappa shape index (κ3) is 2.11. The zero-order valence-electron chi connectivity index (χ0n) is 10.8. The second-order valence-corrected chi connectivity index (χ2v) is 4.79. The molecule has 0 aliphatic carbocycles. The molecular formula is C13H18N4O. The Hall–Kier alpha value is -1.46. The average Bonchev–Trinajstić information content (AvgIpc) is 2.81. The Balaban J connectivity index is 1.88. The smallest absolute Gasteiger partial charge is 0.214 e. The van der Waals surface area contributed by atoms with Crippen LogP contribution in [-0.4, -0.2) is 41.0 Å². The van der Waals surface area contributed by atoms with Gasteiger partial charge in [-0.25, -0.2) is 4.98 Å². The number of nitrogens with one attached hydrogen (secondary N) is 1. The molecule has 1 aliphatic heterocycles. The van der Waals surface area contributed by atoms with Crippen molar-refractivity contribution in [3.63, 3.8) is 0 Å². The molecule has 1 atom stereocenters. The SMILES string of the molecule is Cc1ccc2oc(C(C)N3CCNCC3)nc2n1. The minimum Gasteiger partial charge on any atom is -0.437 e. The number of aryl methyl sites for hydroxylation is 1. The van der Waals surface area contributed by atoms with E-state index in [0.717, 1.165) is 43.3 Å². The third-order valence-electron chi connectivity index (χ3n) is 3.47. The van der Waals surface area contributed by atoms with E-state index in [4.69, 9.17) is 4.42 Å². The lowest BCUT2D eigenvalue weighted by atomic mass is 10.2. The summed E-state index contributed by atoms with van der Waals surface area (Å²) in [6.07, 6.45) is 0. The molecule has 3 rings (SSSR count). The summed E-state index contributed by atoms with van der Waals surface area (Å²) in [6.45, 7) is 8.24. The molecule has 2 aromatic heterocycles. The van der Waals surface area contributed by atoms with Gasteiger partial charge in [0.1, 0.15) is 0 Å². The van der Waals surface area contributed by atoms with Gasteiger partial charge < -0.3 is 9.73 Å². The van der Waals surface area contributed by atoms with Gasteiger partial charge in [-0.1, -0.05) is 0 Å². The molecule has 0 spiro atoms. The van der Waals surface area contributed by atoms with Crippen LogP contribution < -0.4 is 5.32 Å². The topological polar surface area (TPSA) is 54.2 Å². The van der Waals surface area contributed by atoms with Crippen LogP contribution in [0.3, 0.4) is 0 Å². The van der Waals surface area contributed by atoms with Crippen molar-refractivity contribution in [2.45, 2.75) is 19.9 Å². The zero-order valence-corrected chi connectivity index (χ0v) is 10.8. The predicted octanol–water partition coefficient (Wildman–Crippen LogP) is 1.50. The fraction of sp³-hybridized carbons (Fsp3) is 0.538. The molecule has 5 nitrogen and oxygen atoms in total. The zero-order chi connectivity index (χ0) is 12.5. The number of pyridine rings is 1. The average molecular weight is 246 g/mol. The van der Waals surface area contributed by atoms with Crippen LogP contribution in [0.1, 0.15) is 24.6 Å². The van der Waals surface area contributed by atoms with E-state index >= 15 is 0 Å². The van der Waals surface area contributed by atoms with Gasteiger partial charge in [-0.3, -0.25) is 4.90 Å². The van der Waals surface area contributed by atoms with Crippen molar-refractivity contribution < 1.29 is 4.42 Å². The molecule has 1 fully saturated rings. The van der Waals surface area contributed by atoms with Crippen molar-refractivity contribution in [3.8, 4) is 0 Å². The van der Waals surface area contributed by atoms with Crippen molar-refractivity contribution in [1.82, 2.24) is 20.2 Å². The molecule has 1 N–H and O–H groups in total. The number of piperazine rings is 1. The Kier molecular flexibility index (Phi) is 3.01. The highest BCUT2D eigenvalue weighted by atomic mass is 16.4. The van der Waals surface area contributed by atoms with E-state index in [2.05, 4.69) is 27.1 Å². The Morgan fingerprint density at radius 2 is 2.06 bits per heavy atom. The molecule has 0 bridgehead atoms. The van der Waals surface area contributed by atoms with Gasteiger partial charge in [0.2, 0.25) is 5.89 Å². The molecule has 1 unspecified atom stereocenters. The van der Waals surface area contributed by atoms with E-state index in [1.54, 1.807) is 0 Å². The fourth-order valence-electron chi connectivity index (χ4n) is 2.33. The summed E-state index contributed by atoms with van der Waals surface area (Å²) in [5.41, 5.74) is 2.46. The highest BCUT2D eigenvalue weighted by molar-refractivity contribution is 5.67. The first-order valence-electron chi connectivity index (χ1n) is 6.43. The first kappa shape index (κ1) is 11.6. The first-order chi connectivity index (χ1) is 8.74. The van der Waals surface area contributed by atoms with Gasteiger partial charge in [0.15, 0.2) is 11.2 Å². The lowest BCUT2D eigenvalue weighted by Gasteiger charge is -2.30. The van der Waals surface area contributed by atoms with Crippen LogP contribution in [0.25, 0.3) is 11.2 Å². The van der Waals surface area contributed by atoms with Crippen LogP contribution in [0.4, 0.5) is 0 Å². The lowest BCUT2D eigenvalue weighted by molar-refractivity contribution is 0.164. The lowest BCUT2D eigenvalue weighted by Crippen LogP contribution is -2.44. The molecule has 2 aromatic rings. The molecule has 0 amide bonds. The molecule has 0 saturated carbocycles.